The molecule has 14 heavy (non-hydrogen) atoms. The SMILES string of the molecule is CN1CCCCCCN(C)CCCC1. The van der Waals surface area contributed by atoms with Crippen LogP contribution in [0.3, 0.4) is 0 Å². The lowest BCUT2D eigenvalue weighted by molar-refractivity contribution is 0.274. The number of nitrogens with zero attached hydrogens (tertiary/aromatic N) is 2. The average molecular weight is 198 g/mol. The molecule has 0 atom stereocenters. The van der Waals surface area contributed by atoms with Crippen LogP contribution in [0.4, 0.5) is 0 Å². The third-order valence-electron chi connectivity index (χ3n) is 3.16. The monoisotopic (exact) mass is 198 g/mol. The lowest BCUT2D eigenvalue weighted by Gasteiger charge is -2.20. The molecule has 1 fully saturated rings. The summed E-state index contributed by atoms with van der Waals surface area (Å²) in [7, 11) is 4.52. The first-order valence-electron chi connectivity index (χ1n) is 6.16. The van der Waals surface area contributed by atoms with E-state index in [2.05, 4.69) is 23.9 Å². The molecule has 1 aliphatic heterocycles. The van der Waals surface area contributed by atoms with Gasteiger partial charge in [0.2, 0.25) is 0 Å². The molecule has 0 spiro atoms. The first-order valence-corrected chi connectivity index (χ1v) is 6.16. The Bertz CT molecular complexity index is 120. The minimum Gasteiger partial charge on any atom is -0.306 e. The van der Waals surface area contributed by atoms with Gasteiger partial charge in [-0.3, -0.25) is 0 Å². The van der Waals surface area contributed by atoms with E-state index in [1.807, 2.05) is 0 Å². The first-order chi connectivity index (χ1) is 6.79. The van der Waals surface area contributed by atoms with E-state index in [1.54, 1.807) is 0 Å². The summed E-state index contributed by atoms with van der Waals surface area (Å²) in [6, 6.07) is 0. The van der Waals surface area contributed by atoms with Crippen LogP contribution in [0.2, 0.25) is 0 Å². The van der Waals surface area contributed by atoms with Crippen molar-refractivity contribution in [2.75, 3.05) is 40.3 Å². The Hall–Kier alpha value is -0.0800. The van der Waals surface area contributed by atoms with Gasteiger partial charge in [-0.05, 0) is 66.0 Å². The van der Waals surface area contributed by atoms with Gasteiger partial charge in [0.15, 0.2) is 0 Å². The highest BCUT2D eigenvalue weighted by Gasteiger charge is 2.03. The smallest absolute Gasteiger partial charge is 0.00213 e. The van der Waals surface area contributed by atoms with Gasteiger partial charge < -0.3 is 9.80 Å². The summed E-state index contributed by atoms with van der Waals surface area (Å²) in [5.41, 5.74) is 0. The van der Waals surface area contributed by atoms with E-state index in [0.717, 1.165) is 0 Å². The van der Waals surface area contributed by atoms with Crippen molar-refractivity contribution in [1.29, 1.82) is 0 Å². The van der Waals surface area contributed by atoms with Gasteiger partial charge in [-0.15, -0.1) is 0 Å². The Kier molecular flexibility index (Phi) is 6.20. The summed E-state index contributed by atoms with van der Waals surface area (Å²) in [6.45, 7) is 5.17. The Morgan fingerprint density at radius 3 is 1.14 bits per heavy atom. The normalized spacial score (nSPS) is 25.3. The van der Waals surface area contributed by atoms with E-state index in [-0.39, 0.29) is 0 Å². The largest absolute Gasteiger partial charge is 0.306 e. The van der Waals surface area contributed by atoms with Crippen LogP contribution in [0, 0.1) is 0 Å². The average Bonchev–Trinajstić information content (AvgIpc) is 2.16. The lowest BCUT2D eigenvalue weighted by atomic mass is 10.1. The molecule has 84 valence electrons. The first kappa shape index (κ1) is 12.0. The van der Waals surface area contributed by atoms with E-state index < -0.39 is 0 Å². The number of hydrogen-bond acceptors (Lipinski definition) is 2. The van der Waals surface area contributed by atoms with Crippen LogP contribution in [-0.2, 0) is 0 Å². The van der Waals surface area contributed by atoms with E-state index >= 15 is 0 Å². The second kappa shape index (κ2) is 7.24. The molecule has 1 heterocycles. The van der Waals surface area contributed by atoms with Crippen molar-refractivity contribution in [1.82, 2.24) is 9.80 Å². The summed E-state index contributed by atoms with van der Waals surface area (Å²) >= 11 is 0. The molecule has 0 aromatic carbocycles. The summed E-state index contributed by atoms with van der Waals surface area (Å²) in [6.07, 6.45) is 8.33. The molecule has 2 heteroatoms. The predicted octanol–water partition coefficient (Wildman–Crippen LogP) is 2.20. The van der Waals surface area contributed by atoms with Crippen molar-refractivity contribution in [3.8, 4) is 0 Å². The second-order valence-electron chi connectivity index (χ2n) is 4.73. The van der Waals surface area contributed by atoms with Gasteiger partial charge in [-0.25, -0.2) is 0 Å². The van der Waals surface area contributed by atoms with Crippen LogP contribution in [0.15, 0.2) is 0 Å². The van der Waals surface area contributed by atoms with Crippen molar-refractivity contribution >= 4 is 0 Å². The van der Waals surface area contributed by atoms with Gasteiger partial charge in [0.25, 0.3) is 0 Å². The molecule has 0 amide bonds. The van der Waals surface area contributed by atoms with Gasteiger partial charge in [-0.1, -0.05) is 12.8 Å². The molecule has 0 radical (unpaired) electrons. The fourth-order valence-corrected chi connectivity index (χ4v) is 2.10. The minimum absolute atomic E-state index is 1.29. The molecule has 0 aromatic heterocycles. The van der Waals surface area contributed by atoms with Gasteiger partial charge >= 0.3 is 0 Å². The van der Waals surface area contributed by atoms with E-state index in [1.165, 1.54) is 64.7 Å². The summed E-state index contributed by atoms with van der Waals surface area (Å²) in [4.78, 5) is 4.98. The molecule has 0 aromatic rings. The highest BCUT2D eigenvalue weighted by Crippen LogP contribution is 2.05. The maximum Gasteiger partial charge on any atom is -0.00213 e. The van der Waals surface area contributed by atoms with E-state index in [0.29, 0.717) is 0 Å². The molecule has 2 nitrogen and oxygen atoms in total. The molecule has 0 N–H and O–H groups in total. The Morgan fingerprint density at radius 2 is 0.786 bits per heavy atom. The zero-order valence-corrected chi connectivity index (χ0v) is 9.97. The molecule has 0 aliphatic carbocycles. The lowest BCUT2D eigenvalue weighted by Crippen LogP contribution is -2.25. The van der Waals surface area contributed by atoms with Crippen LogP contribution in [0.5, 0.6) is 0 Å². The fraction of sp³-hybridized carbons (Fsp3) is 1.00. The van der Waals surface area contributed by atoms with Crippen molar-refractivity contribution in [3.63, 3.8) is 0 Å². The van der Waals surface area contributed by atoms with Crippen LogP contribution < -0.4 is 0 Å². The molecule has 0 saturated carbocycles. The number of hydrogen-bond donors (Lipinski definition) is 0. The standard InChI is InChI=1S/C12H26N2/c1-13-9-5-3-4-6-10-14(2)12-8-7-11-13/h3-12H2,1-2H3. The quantitative estimate of drug-likeness (QED) is 0.589. The Morgan fingerprint density at radius 1 is 0.500 bits per heavy atom. The molecule has 1 saturated heterocycles. The van der Waals surface area contributed by atoms with Gasteiger partial charge in [0, 0.05) is 0 Å². The minimum atomic E-state index is 1.29. The summed E-state index contributed by atoms with van der Waals surface area (Å²) < 4.78 is 0. The molecular formula is C12H26N2. The van der Waals surface area contributed by atoms with Gasteiger partial charge in [0.05, 0.1) is 0 Å². The highest BCUT2D eigenvalue weighted by atomic mass is 15.1. The van der Waals surface area contributed by atoms with Crippen LogP contribution >= 0.6 is 0 Å². The van der Waals surface area contributed by atoms with Gasteiger partial charge in [-0.2, -0.15) is 0 Å². The van der Waals surface area contributed by atoms with Crippen molar-refractivity contribution in [2.24, 2.45) is 0 Å². The Balaban J connectivity index is 2.20. The molecule has 0 unspecified atom stereocenters. The summed E-state index contributed by atoms with van der Waals surface area (Å²) in [5.74, 6) is 0. The van der Waals surface area contributed by atoms with E-state index in [4.69, 9.17) is 0 Å². The Labute approximate surface area is 89.3 Å². The third-order valence-corrected chi connectivity index (χ3v) is 3.16. The summed E-state index contributed by atoms with van der Waals surface area (Å²) in [5, 5.41) is 0. The van der Waals surface area contributed by atoms with E-state index in [9.17, 15) is 0 Å². The molecule has 1 rings (SSSR count). The van der Waals surface area contributed by atoms with Crippen LogP contribution in [0.25, 0.3) is 0 Å². The zero-order chi connectivity index (χ0) is 10.2. The maximum atomic E-state index is 2.49. The third kappa shape index (κ3) is 5.61. The van der Waals surface area contributed by atoms with Crippen LogP contribution in [-0.4, -0.2) is 50.1 Å². The fourth-order valence-electron chi connectivity index (χ4n) is 2.10. The van der Waals surface area contributed by atoms with Crippen molar-refractivity contribution in [2.45, 2.75) is 38.5 Å². The molecule has 0 bridgehead atoms. The zero-order valence-electron chi connectivity index (χ0n) is 9.97. The predicted molar refractivity (Wildman–Crippen MR) is 62.7 cm³/mol. The van der Waals surface area contributed by atoms with Crippen molar-refractivity contribution < 1.29 is 0 Å². The van der Waals surface area contributed by atoms with Crippen LogP contribution in [0.1, 0.15) is 38.5 Å². The molecule has 1 aliphatic rings. The van der Waals surface area contributed by atoms with Crippen molar-refractivity contribution in [3.05, 3.63) is 0 Å². The molecular weight excluding hydrogens is 172 g/mol. The highest BCUT2D eigenvalue weighted by molar-refractivity contribution is 4.58. The second-order valence-corrected chi connectivity index (χ2v) is 4.73. The van der Waals surface area contributed by atoms with Gasteiger partial charge in [0.1, 0.15) is 0 Å². The maximum absolute atomic E-state index is 2.49. The number of rotatable bonds is 0. The topological polar surface area (TPSA) is 6.48 Å².